The van der Waals surface area contributed by atoms with Crippen molar-refractivity contribution in [3.8, 4) is 0 Å². The van der Waals surface area contributed by atoms with Crippen LogP contribution in [0.1, 0.15) is 34.1 Å². The molecule has 0 aromatic heterocycles. The maximum atomic E-state index is 12.0. The average Bonchev–Trinajstić information content (AvgIpc) is 2.57. The predicted molar refractivity (Wildman–Crippen MR) is 61.2 cm³/mol. The van der Waals surface area contributed by atoms with Gasteiger partial charge in [-0.15, -0.1) is 6.58 Å². The topological polar surface area (TPSA) is 37.4 Å². The maximum Gasteiger partial charge on any atom is 0.262 e. The van der Waals surface area contributed by atoms with Crippen LogP contribution in [0.5, 0.6) is 0 Å². The van der Waals surface area contributed by atoms with Crippen molar-refractivity contribution in [2.45, 2.75) is 19.4 Å². The van der Waals surface area contributed by atoms with Gasteiger partial charge in [0.15, 0.2) is 0 Å². The lowest BCUT2D eigenvalue weighted by molar-refractivity contribution is 0.0612. The van der Waals surface area contributed by atoms with E-state index in [2.05, 4.69) is 6.58 Å². The molecule has 0 aliphatic carbocycles. The summed E-state index contributed by atoms with van der Waals surface area (Å²) < 4.78 is 0. The summed E-state index contributed by atoms with van der Waals surface area (Å²) in [5.74, 6) is -0.431. The third-order valence-corrected chi connectivity index (χ3v) is 2.85. The van der Waals surface area contributed by atoms with Crippen molar-refractivity contribution < 1.29 is 9.59 Å². The van der Waals surface area contributed by atoms with Gasteiger partial charge < -0.3 is 0 Å². The Morgan fingerprint density at radius 2 is 1.75 bits per heavy atom. The van der Waals surface area contributed by atoms with Crippen molar-refractivity contribution in [3.63, 3.8) is 0 Å². The highest BCUT2D eigenvalue weighted by Gasteiger charge is 2.37. The summed E-state index contributed by atoms with van der Waals surface area (Å²) in [7, 11) is 0. The van der Waals surface area contributed by atoms with E-state index in [9.17, 15) is 9.59 Å². The summed E-state index contributed by atoms with van der Waals surface area (Å²) in [6.07, 6.45) is 2.33. The Hall–Kier alpha value is -1.90. The Balaban J connectivity index is 2.46. The van der Waals surface area contributed by atoms with E-state index in [-0.39, 0.29) is 17.9 Å². The summed E-state index contributed by atoms with van der Waals surface area (Å²) in [6.45, 7) is 5.59. The number of carbonyl (C=O) groups excluding carboxylic acids is 2. The molecule has 1 heterocycles. The molecule has 1 aromatic rings. The average molecular weight is 215 g/mol. The molecule has 0 saturated carbocycles. The van der Waals surface area contributed by atoms with E-state index >= 15 is 0 Å². The summed E-state index contributed by atoms with van der Waals surface area (Å²) in [5.41, 5.74) is 0.987. The molecule has 0 saturated heterocycles. The highest BCUT2D eigenvalue weighted by molar-refractivity contribution is 6.21. The zero-order chi connectivity index (χ0) is 11.7. The van der Waals surface area contributed by atoms with E-state index in [0.29, 0.717) is 17.5 Å². The molecule has 0 N–H and O–H groups in total. The molecule has 0 radical (unpaired) electrons. The molecule has 3 nitrogen and oxygen atoms in total. The number of hydrogen-bond acceptors (Lipinski definition) is 2. The van der Waals surface area contributed by atoms with Gasteiger partial charge in [-0.1, -0.05) is 25.1 Å². The number of hydrogen-bond donors (Lipinski definition) is 0. The molecular weight excluding hydrogens is 202 g/mol. The molecule has 1 atom stereocenters. The first-order valence-corrected chi connectivity index (χ1v) is 5.30. The van der Waals surface area contributed by atoms with Crippen LogP contribution in [-0.2, 0) is 0 Å². The first kappa shape index (κ1) is 10.6. The van der Waals surface area contributed by atoms with Gasteiger partial charge in [0.1, 0.15) is 0 Å². The molecule has 82 valence electrons. The standard InChI is InChI=1S/C13H13NO2/c1-3-9(4-2)14-12(15)10-7-5-6-8-11(10)13(14)16/h3,5-9H,1,4H2,2H3. The van der Waals surface area contributed by atoms with E-state index in [1.165, 1.54) is 4.90 Å². The molecule has 1 aromatic carbocycles. The lowest BCUT2D eigenvalue weighted by atomic mass is 10.1. The van der Waals surface area contributed by atoms with E-state index in [4.69, 9.17) is 0 Å². The molecule has 16 heavy (non-hydrogen) atoms. The van der Waals surface area contributed by atoms with Gasteiger partial charge in [0.05, 0.1) is 17.2 Å². The largest absolute Gasteiger partial charge is 0.269 e. The Labute approximate surface area is 94.4 Å². The number of amides is 2. The van der Waals surface area contributed by atoms with Gasteiger partial charge in [0.2, 0.25) is 0 Å². The number of fused-ring (bicyclic) bond motifs is 1. The summed E-state index contributed by atoms with van der Waals surface area (Å²) in [4.78, 5) is 25.3. The second-order valence-corrected chi connectivity index (χ2v) is 3.74. The first-order valence-electron chi connectivity index (χ1n) is 5.30. The van der Waals surface area contributed by atoms with E-state index < -0.39 is 0 Å². The molecular formula is C13H13NO2. The third-order valence-electron chi connectivity index (χ3n) is 2.85. The van der Waals surface area contributed by atoms with Crippen LogP contribution < -0.4 is 0 Å². The molecule has 0 fully saturated rings. The Morgan fingerprint density at radius 3 is 2.12 bits per heavy atom. The fraction of sp³-hybridized carbons (Fsp3) is 0.231. The predicted octanol–water partition coefficient (Wildman–Crippen LogP) is 2.25. The Morgan fingerprint density at radius 1 is 1.25 bits per heavy atom. The lowest BCUT2D eigenvalue weighted by Gasteiger charge is -2.21. The van der Waals surface area contributed by atoms with Crippen LogP contribution in [0.3, 0.4) is 0 Å². The first-order chi connectivity index (χ1) is 7.70. The fourth-order valence-electron chi connectivity index (χ4n) is 1.96. The number of benzene rings is 1. The van der Waals surface area contributed by atoms with E-state index in [0.717, 1.165) is 0 Å². The van der Waals surface area contributed by atoms with Gasteiger partial charge in [0.25, 0.3) is 11.8 Å². The molecule has 2 rings (SSSR count). The number of nitrogens with zero attached hydrogens (tertiary/aromatic N) is 1. The van der Waals surface area contributed by atoms with Crippen LogP contribution in [-0.4, -0.2) is 22.8 Å². The van der Waals surface area contributed by atoms with Gasteiger partial charge in [0, 0.05) is 0 Å². The van der Waals surface area contributed by atoms with Gasteiger partial charge in [-0.25, -0.2) is 0 Å². The van der Waals surface area contributed by atoms with Gasteiger partial charge in [-0.05, 0) is 18.6 Å². The highest BCUT2D eigenvalue weighted by atomic mass is 16.2. The van der Waals surface area contributed by atoms with Crippen LogP contribution in [0.4, 0.5) is 0 Å². The van der Waals surface area contributed by atoms with E-state index in [1.54, 1.807) is 30.3 Å². The zero-order valence-corrected chi connectivity index (χ0v) is 9.14. The second-order valence-electron chi connectivity index (χ2n) is 3.74. The Kier molecular flexibility index (Phi) is 2.60. The van der Waals surface area contributed by atoms with Crippen LogP contribution in [0.2, 0.25) is 0 Å². The maximum absolute atomic E-state index is 12.0. The summed E-state index contributed by atoms with van der Waals surface area (Å²) in [5, 5.41) is 0. The molecule has 1 unspecified atom stereocenters. The van der Waals surface area contributed by atoms with Crippen LogP contribution in [0.25, 0.3) is 0 Å². The number of carbonyl (C=O) groups is 2. The minimum Gasteiger partial charge on any atom is -0.269 e. The minimum absolute atomic E-state index is 0.215. The highest BCUT2D eigenvalue weighted by Crippen LogP contribution is 2.25. The quantitative estimate of drug-likeness (QED) is 0.573. The Bertz CT molecular complexity index is 430. The normalized spacial score (nSPS) is 16.2. The monoisotopic (exact) mass is 215 g/mol. The lowest BCUT2D eigenvalue weighted by Crippen LogP contribution is -2.38. The van der Waals surface area contributed by atoms with Crippen molar-refractivity contribution in [1.82, 2.24) is 4.90 Å². The summed E-state index contributed by atoms with van der Waals surface area (Å²) >= 11 is 0. The van der Waals surface area contributed by atoms with Crippen molar-refractivity contribution >= 4 is 11.8 Å². The van der Waals surface area contributed by atoms with Crippen LogP contribution in [0, 0.1) is 0 Å². The van der Waals surface area contributed by atoms with Crippen molar-refractivity contribution in [2.75, 3.05) is 0 Å². The van der Waals surface area contributed by atoms with Gasteiger partial charge in [-0.2, -0.15) is 0 Å². The number of imide groups is 1. The smallest absolute Gasteiger partial charge is 0.262 e. The molecule has 1 aliphatic rings. The number of rotatable bonds is 3. The minimum atomic E-state index is -0.215. The summed E-state index contributed by atoms with van der Waals surface area (Å²) in [6, 6.07) is 6.69. The van der Waals surface area contributed by atoms with Crippen molar-refractivity contribution in [1.29, 1.82) is 0 Å². The van der Waals surface area contributed by atoms with Gasteiger partial charge in [-0.3, -0.25) is 14.5 Å². The van der Waals surface area contributed by atoms with Crippen molar-refractivity contribution in [2.24, 2.45) is 0 Å². The molecule has 1 aliphatic heterocycles. The molecule has 2 amide bonds. The second kappa shape index (κ2) is 3.93. The molecule has 0 spiro atoms. The molecule has 3 heteroatoms. The van der Waals surface area contributed by atoms with Crippen LogP contribution >= 0.6 is 0 Å². The fourth-order valence-corrected chi connectivity index (χ4v) is 1.96. The van der Waals surface area contributed by atoms with Gasteiger partial charge >= 0.3 is 0 Å². The van der Waals surface area contributed by atoms with Crippen molar-refractivity contribution in [3.05, 3.63) is 48.0 Å². The van der Waals surface area contributed by atoms with Crippen LogP contribution in [0.15, 0.2) is 36.9 Å². The SMILES string of the molecule is C=CC(CC)N1C(=O)c2ccccc2C1=O. The van der Waals surface area contributed by atoms with E-state index in [1.807, 2.05) is 6.92 Å². The third kappa shape index (κ3) is 1.36. The zero-order valence-electron chi connectivity index (χ0n) is 9.14. The molecule has 0 bridgehead atoms.